The second kappa shape index (κ2) is 8.58. The van der Waals surface area contributed by atoms with Crippen molar-refractivity contribution in [1.29, 1.82) is 0 Å². The van der Waals surface area contributed by atoms with Gasteiger partial charge in [0, 0.05) is 32.0 Å². The largest absolute Gasteiger partial charge is 0.467 e. The lowest BCUT2D eigenvalue weighted by Gasteiger charge is -2.27. The number of nitrogens with zero attached hydrogens (tertiary/aromatic N) is 2. The number of ether oxygens (including phenoxy) is 2. The maximum absolute atomic E-state index is 14.1. The zero-order valence-corrected chi connectivity index (χ0v) is 19.6. The average Bonchev–Trinajstić information content (AvgIpc) is 3.05. The lowest BCUT2D eigenvalue weighted by molar-refractivity contribution is -0.164. The van der Waals surface area contributed by atoms with Crippen LogP contribution in [-0.2, 0) is 20.8 Å². The second-order valence-electron chi connectivity index (χ2n) is 7.95. The highest BCUT2D eigenvalue weighted by Gasteiger charge is 2.32. The molecule has 0 radical (unpaired) electrons. The van der Waals surface area contributed by atoms with Crippen LogP contribution in [0.5, 0.6) is 0 Å². The number of fused-ring (bicyclic) bond motifs is 1. The molecule has 0 spiro atoms. The van der Waals surface area contributed by atoms with Crippen LogP contribution in [0.3, 0.4) is 0 Å². The standard InChI is InChI=1S/C22H23F2IN2O3/c1-12-16(19(21(28)29-5)30-22(2,3)4)18(25)14-9-10-27(20(14)26-12)11-13-7-6-8-15(23)17(13)24/h6-10,19H,11H2,1-5H3. The highest BCUT2D eigenvalue weighted by molar-refractivity contribution is 14.1. The van der Waals surface area contributed by atoms with E-state index >= 15 is 0 Å². The van der Waals surface area contributed by atoms with Gasteiger partial charge in [-0.2, -0.15) is 0 Å². The maximum atomic E-state index is 14.1. The van der Waals surface area contributed by atoms with Gasteiger partial charge in [-0.25, -0.2) is 18.6 Å². The molecule has 0 amide bonds. The number of benzene rings is 1. The predicted octanol–water partition coefficient (Wildman–Crippen LogP) is 5.31. The number of pyridine rings is 1. The Labute approximate surface area is 187 Å². The minimum Gasteiger partial charge on any atom is -0.467 e. The normalized spacial score (nSPS) is 12.9. The Kier molecular flexibility index (Phi) is 6.47. The molecule has 3 rings (SSSR count). The predicted molar refractivity (Wildman–Crippen MR) is 118 cm³/mol. The van der Waals surface area contributed by atoms with Crippen LogP contribution in [0.15, 0.2) is 30.5 Å². The molecule has 5 nitrogen and oxygen atoms in total. The van der Waals surface area contributed by atoms with E-state index in [1.165, 1.54) is 13.2 Å². The van der Waals surface area contributed by atoms with Gasteiger partial charge in [0.15, 0.2) is 17.7 Å². The summed E-state index contributed by atoms with van der Waals surface area (Å²) in [5.41, 5.74) is 1.51. The zero-order chi connectivity index (χ0) is 22.2. The van der Waals surface area contributed by atoms with E-state index in [1.54, 1.807) is 23.8 Å². The number of aromatic nitrogens is 2. The molecule has 0 fully saturated rings. The smallest absolute Gasteiger partial charge is 0.339 e. The molecule has 0 aliphatic rings. The summed E-state index contributed by atoms with van der Waals surface area (Å²) in [6.07, 6.45) is 0.841. The van der Waals surface area contributed by atoms with E-state index in [-0.39, 0.29) is 12.1 Å². The molecule has 0 N–H and O–H groups in total. The van der Waals surface area contributed by atoms with E-state index in [0.717, 1.165) is 15.0 Å². The van der Waals surface area contributed by atoms with Crippen LogP contribution >= 0.6 is 22.6 Å². The Balaban J connectivity index is 2.10. The summed E-state index contributed by atoms with van der Waals surface area (Å²) < 4.78 is 41.2. The number of halogens is 3. The maximum Gasteiger partial charge on any atom is 0.339 e. The van der Waals surface area contributed by atoms with E-state index in [2.05, 4.69) is 27.6 Å². The molecule has 3 aromatic rings. The lowest BCUT2D eigenvalue weighted by Crippen LogP contribution is -2.29. The van der Waals surface area contributed by atoms with Crippen molar-refractivity contribution < 1.29 is 23.0 Å². The minimum atomic E-state index is -0.928. The van der Waals surface area contributed by atoms with E-state index in [9.17, 15) is 13.6 Å². The number of carbonyl (C=O) groups excluding carboxylic acids is 1. The molecule has 0 aliphatic carbocycles. The molecular weight excluding hydrogens is 505 g/mol. The summed E-state index contributed by atoms with van der Waals surface area (Å²) >= 11 is 2.16. The fourth-order valence-corrected chi connectivity index (χ4v) is 4.35. The Morgan fingerprint density at radius 1 is 1.27 bits per heavy atom. The molecule has 0 aliphatic heterocycles. The molecule has 160 valence electrons. The molecule has 1 unspecified atom stereocenters. The summed E-state index contributed by atoms with van der Waals surface area (Å²) in [5, 5.41) is 0.791. The number of hydrogen-bond donors (Lipinski definition) is 0. The van der Waals surface area contributed by atoms with Crippen LogP contribution in [0.4, 0.5) is 8.78 Å². The Bertz CT molecular complexity index is 1110. The highest BCUT2D eigenvalue weighted by atomic mass is 127. The fraction of sp³-hybridized carbons (Fsp3) is 0.364. The first-order valence-corrected chi connectivity index (χ1v) is 10.4. The quantitative estimate of drug-likeness (QED) is 0.333. The zero-order valence-electron chi connectivity index (χ0n) is 17.4. The van der Waals surface area contributed by atoms with Gasteiger partial charge < -0.3 is 14.0 Å². The van der Waals surface area contributed by atoms with Gasteiger partial charge >= 0.3 is 5.97 Å². The van der Waals surface area contributed by atoms with Gasteiger partial charge in [0.2, 0.25) is 0 Å². The summed E-state index contributed by atoms with van der Waals surface area (Å²) in [4.78, 5) is 17.2. The number of methoxy groups -OCH3 is 1. The number of carbonyl (C=O) groups is 1. The van der Waals surface area contributed by atoms with Crippen molar-refractivity contribution in [1.82, 2.24) is 9.55 Å². The van der Waals surface area contributed by atoms with Crippen LogP contribution in [0.2, 0.25) is 0 Å². The van der Waals surface area contributed by atoms with Gasteiger partial charge in [0.25, 0.3) is 0 Å². The SMILES string of the molecule is COC(=O)C(OC(C)(C)C)c1c(C)nc2c(ccn2Cc2cccc(F)c2F)c1I. The first kappa shape index (κ1) is 22.6. The molecular formula is C22H23F2IN2O3. The number of rotatable bonds is 5. The van der Waals surface area contributed by atoms with Crippen LogP contribution in [0, 0.1) is 22.1 Å². The summed E-state index contributed by atoms with van der Waals surface area (Å²) in [7, 11) is 1.32. The van der Waals surface area contributed by atoms with Gasteiger partial charge in [0.05, 0.1) is 19.3 Å². The number of esters is 1. The van der Waals surface area contributed by atoms with Gasteiger partial charge in [-0.05, 0) is 62.4 Å². The minimum absolute atomic E-state index is 0.133. The van der Waals surface area contributed by atoms with E-state index < -0.39 is 29.3 Å². The lowest BCUT2D eigenvalue weighted by atomic mass is 10.0. The van der Waals surface area contributed by atoms with E-state index in [4.69, 9.17) is 9.47 Å². The number of aryl methyl sites for hydroxylation is 1. The second-order valence-corrected chi connectivity index (χ2v) is 9.03. The monoisotopic (exact) mass is 528 g/mol. The third-order valence-electron chi connectivity index (χ3n) is 4.59. The first-order chi connectivity index (χ1) is 14.0. The Morgan fingerprint density at radius 2 is 1.97 bits per heavy atom. The van der Waals surface area contributed by atoms with Gasteiger partial charge in [-0.15, -0.1) is 0 Å². The van der Waals surface area contributed by atoms with Crippen molar-refractivity contribution in [2.45, 2.75) is 45.9 Å². The van der Waals surface area contributed by atoms with Crippen molar-refractivity contribution in [3.8, 4) is 0 Å². The molecule has 0 saturated carbocycles. The molecule has 1 atom stereocenters. The Morgan fingerprint density at radius 3 is 2.60 bits per heavy atom. The number of hydrogen-bond acceptors (Lipinski definition) is 4. The van der Waals surface area contributed by atoms with Gasteiger partial charge in [-0.3, -0.25) is 0 Å². The summed E-state index contributed by atoms with van der Waals surface area (Å²) in [6, 6.07) is 5.95. The first-order valence-electron chi connectivity index (χ1n) is 9.37. The van der Waals surface area contributed by atoms with Crippen LogP contribution < -0.4 is 0 Å². The van der Waals surface area contributed by atoms with Crippen molar-refractivity contribution in [2.75, 3.05) is 7.11 Å². The van der Waals surface area contributed by atoms with E-state index in [0.29, 0.717) is 16.9 Å². The van der Waals surface area contributed by atoms with Crippen molar-refractivity contribution in [3.05, 3.63) is 62.5 Å². The third-order valence-corrected chi connectivity index (χ3v) is 5.75. The molecule has 8 heteroatoms. The summed E-state index contributed by atoms with van der Waals surface area (Å²) in [6.45, 7) is 7.51. The highest BCUT2D eigenvalue weighted by Crippen LogP contribution is 2.35. The Hall–Kier alpha value is -2.07. The summed E-state index contributed by atoms with van der Waals surface area (Å²) in [5.74, 6) is -2.26. The van der Waals surface area contributed by atoms with Gasteiger partial charge in [-0.1, -0.05) is 12.1 Å². The van der Waals surface area contributed by atoms with Crippen molar-refractivity contribution in [3.63, 3.8) is 0 Å². The van der Waals surface area contributed by atoms with Crippen molar-refractivity contribution >= 4 is 39.6 Å². The molecule has 2 aromatic heterocycles. The van der Waals surface area contributed by atoms with E-state index in [1.807, 2.05) is 26.8 Å². The molecule has 30 heavy (non-hydrogen) atoms. The molecule has 2 heterocycles. The topological polar surface area (TPSA) is 53.4 Å². The average molecular weight is 528 g/mol. The van der Waals surface area contributed by atoms with Crippen molar-refractivity contribution in [2.24, 2.45) is 0 Å². The van der Waals surface area contributed by atoms with Crippen LogP contribution in [0.25, 0.3) is 11.0 Å². The molecule has 0 bridgehead atoms. The molecule has 0 saturated heterocycles. The third kappa shape index (κ3) is 4.49. The van der Waals surface area contributed by atoms with Crippen LogP contribution in [-0.4, -0.2) is 28.2 Å². The molecule has 1 aromatic carbocycles. The van der Waals surface area contributed by atoms with Gasteiger partial charge in [0.1, 0.15) is 5.65 Å². The van der Waals surface area contributed by atoms with Crippen LogP contribution in [0.1, 0.15) is 43.7 Å². The fourth-order valence-electron chi connectivity index (χ4n) is 3.26.